The summed E-state index contributed by atoms with van der Waals surface area (Å²) in [6.07, 6.45) is 3.67. The molecule has 0 aliphatic heterocycles. The number of rotatable bonds is 5. The second kappa shape index (κ2) is 7.34. The van der Waals surface area contributed by atoms with Gasteiger partial charge in [-0.25, -0.2) is 0 Å². The Labute approximate surface area is 148 Å². The number of carbonyl (C=O) groups excluding carboxylic acids is 1. The van der Waals surface area contributed by atoms with Crippen LogP contribution in [0.15, 0.2) is 60.9 Å². The number of fused-ring (bicyclic) bond motifs is 1. The zero-order valence-electron chi connectivity index (χ0n) is 14.8. The number of pyridine rings is 1. The minimum absolute atomic E-state index is 0.0344. The maximum Gasteiger partial charge on any atom is 0.263 e. The van der Waals surface area contributed by atoms with Gasteiger partial charge in [-0.15, -0.1) is 0 Å². The van der Waals surface area contributed by atoms with E-state index in [1.54, 1.807) is 25.2 Å². The summed E-state index contributed by atoms with van der Waals surface area (Å²) in [6.45, 7) is 1.96. The molecule has 0 radical (unpaired) electrons. The molecule has 0 aliphatic carbocycles. The Kier molecular flexibility index (Phi) is 4.98. The van der Waals surface area contributed by atoms with E-state index in [1.165, 1.54) is 0 Å². The predicted octanol–water partition coefficient (Wildman–Crippen LogP) is 4.15. The van der Waals surface area contributed by atoms with Gasteiger partial charge in [0.2, 0.25) is 0 Å². The molecule has 1 atom stereocenters. The maximum absolute atomic E-state index is 12.4. The molecule has 3 rings (SSSR count). The Morgan fingerprint density at radius 3 is 2.60 bits per heavy atom. The van der Waals surface area contributed by atoms with E-state index in [0.717, 1.165) is 21.9 Å². The van der Waals surface area contributed by atoms with Crippen molar-refractivity contribution in [3.63, 3.8) is 0 Å². The standard InChI is InChI=1S/C21H22N2O2/c1-4-18(21(24)23(2)3)25-19-12-11-15-8-5-6-10-17(15)20(19)16-9-7-13-22-14-16/h5-14,18H,4H2,1-3H3. The molecule has 0 N–H and O–H groups in total. The molecule has 0 bridgehead atoms. The van der Waals surface area contributed by atoms with Crippen molar-refractivity contribution in [2.45, 2.75) is 19.4 Å². The average Bonchev–Trinajstić information content (AvgIpc) is 2.65. The summed E-state index contributed by atoms with van der Waals surface area (Å²) in [7, 11) is 3.49. The Morgan fingerprint density at radius 2 is 1.92 bits per heavy atom. The second-order valence-corrected chi connectivity index (χ2v) is 6.15. The van der Waals surface area contributed by atoms with Gasteiger partial charge in [-0.2, -0.15) is 0 Å². The van der Waals surface area contributed by atoms with E-state index in [0.29, 0.717) is 12.2 Å². The summed E-state index contributed by atoms with van der Waals surface area (Å²) in [4.78, 5) is 18.2. The van der Waals surface area contributed by atoms with Crippen LogP contribution in [-0.2, 0) is 4.79 Å². The highest BCUT2D eigenvalue weighted by molar-refractivity contribution is 5.99. The molecule has 0 fully saturated rings. The smallest absolute Gasteiger partial charge is 0.263 e. The van der Waals surface area contributed by atoms with E-state index in [4.69, 9.17) is 4.74 Å². The number of hydrogen-bond donors (Lipinski definition) is 0. The highest BCUT2D eigenvalue weighted by Gasteiger charge is 2.22. The first kappa shape index (κ1) is 17.0. The Morgan fingerprint density at radius 1 is 1.12 bits per heavy atom. The summed E-state index contributed by atoms with van der Waals surface area (Å²) in [5, 5.41) is 2.21. The van der Waals surface area contributed by atoms with E-state index >= 15 is 0 Å². The van der Waals surface area contributed by atoms with Gasteiger partial charge < -0.3 is 9.64 Å². The minimum atomic E-state index is -0.508. The number of nitrogens with zero attached hydrogens (tertiary/aromatic N) is 2. The minimum Gasteiger partial charge on any atom is -0.480 e. The van der Waals surface area contributed by atoms with Crippen LogP contribution in [0.2, 0.25) is 0 Å². The van der Waals surface area contributed by atoms with Gasteiger partial charge in [0.1, 0.15) is 5.75 Å². The van der Waals surface area contributed by atoms with Gasteiger partial charge in [0.25, 0.3) is 5.91 Å². The highest BCUT2D eigenvalue weighted by Crippen LogP contribution is 2.37. The lowest BCUT2D eigenvalue weighted by Crippen LogP contribution is -2.37. The van der Waals surface area contributed by atoms with Crippen molar-refractivity contribution in [2.24, 2.45) is 0 Å². The first-order chi connectivity index (χ1) is 12.1. The number of carbonyl (C=O) groups is 1. The van der Waals surface area contributed by atoms with Gasteiger partial charge in [-0.1, -0.05) is 43.3 Å². The van der Waals surface area contributed by atoms with E-state index in [-0.39, 0.29) is 5.91 Å². The molecule has 0 saturated heterocycles. The topological polar surface area (TPSA) is 42.4 Å². The van der Waals surface area contributed by atoms with Crippen molar-refractivity contribution in [1.82, 2.24) is 9.88 Å². The Balaban J connectivity index is 2.13. The van der Waals surface area contributed by atoms with E-state index in [1.807, 2.05) is 49.5 Å². The molecule has 1 amide bonds. The van der Waals surface area contributed by atoms with Crippen molar-refractivity contribution in [2.75, 3.05) is 14.1 Å². The third-order valence-corrected chi connectivity index (χ3v) is 4.20. The summed E-state index contributed by atoms with van der Waals surface area (Å²) >= 11 is 0. The summed E-state index contributed by atoms with van der Waals surface area (Å²) in [5.41, 5.74) is 1.94. The van der Waals surface area contributed by atoms with Crippen LogP contribution >= 0.6 is 0 Å². The summed E-state index contributed by atoms with van der Waals surface area (Å²) in [5.74, 6) is 0.668. The fourth-order valence-corrected chi connectivity index (χ4v) is 2.91. The molecule has 1 aromatic heterocycles. The average molecular weight is 334 g/mol. The van der Waals surface area contributed by atoms with Crippen molar-refractivity contribution in [3.8, 4) is 16.9 Å². The first-order valence-electron chi connectivity index (χ1n) is 8.41. The highest BCUT2D eigenvalue weighted by atomic mass is 16.5. The molecule has 128 valence electrons. The molecular formula is C21H22N2O2. The molecule has 0 saturated carbocycles. The summed E-state index contributed by atoms with van der Waals surface area (Å²) in [6, 6.07) is 16.0. The van der Waals surface area contributed by atoms with E-state index in [2.05, 4.69) is 17.1 Å². The number of hydrogen-bond acceptors (Lipinski definition) is 3. The summed E-state index contributed by atoms with van der Waals surface area (Å²) < 4.78 is 6.16. The maximum atomic E-state index is 12.4. The fraction of sp³-hybridized carbons (Fsp3) is 0.238. The number of amides is 1. The second-order valence-electron chi connectivity index (χ2n) is 6.15. The lowest BCUT2D eigenvalue weighted by atomic mass is 9.98. The lowest BCUT2D eigenvalue weighted by Gasteiger charge is -2.23. The zero-order valence-corrected chi connectivity index (χ0v) is 14.8. The molecule has 1 unspecified atom stereocenters. The van der Waals surface area contributed by atoms with Crippen LogP contribution in [0, 0.1) is 0 Å². The largest absolute Gasteiger partial charge is 0.480 e. The molecule has 0 aliphatic rings. The quantitative estimate of drug-likeness (QED) is 0.704. The Hall–Kier alpha value is -2.88. The Bertz CT molecular complexity index is 875. The van der Waals surface area contributed by atoms with Crippen LogP contribution in [0.1, 0.15) is 13.3 Å². The third kappa shape index (κ3) is 3.48. The van der Waals surface area contributed by atoms with E-state index < -0.39 is 6.10 Å². The monoisotopic (exact) mass is 334 g/mol. The van der Waals surface area contributed by atoms with Crippen molar-refractivity contribution < 1.29 is 9.53 Å². The van der Waals surface area contributed by atoms with Gasteiger partial charge in [0.05, 0.1) is 0 Å². The molecule has 25 heavy (non-hydrogen) atoms. The van der Waals surface area contributed by atoms with Crippen LogP contribution in [0.5, 0.6) is 5.75 Å². The van der Waals surface area contributed by atoms with Gasteiger partial charge >= 0.3 is 0 Å². The van der Waals surface area contributed by atoms with Gasteiger partial charge in [-0.05, 0) is 29.3 Å². The van der Waals surface area contributed by atoms with Gasteiger partial charge in [0.15, 0.2) is 6.10 Å². The van der Waals surface area contributed by atoms with Crippen LogP contribution in [-0.4, -0.2) is 36.0 Å². The first-order valence-corrected chi connectivity index (χ1v) is 8.41. The van der Waals surface area contributed by atoms with Crippen LogP contribution in [0.25, 0.3) is 21.9 Å². The fourth-order valence-electron chi connectivity index (χ4n) is 2.91. The van der Waals surface area contributed by atoms with Crippen molar-refractivity contribution in [3.05, 3.63) is 60.9 Å². The number of aromatic nitrogens is 1. The molecule has 4 nitrogen and oxygen atoms in total. The van der Waals surface area contributed by atoms with Gasteiger partial charge in [-0.3, -0.25) is 9.78 Å². The molecule has 0 spiro atoms. The molecule has 3 aromatic rings. The van der Waals surface area contributed by atoms with Crippen LogP contribution < -0.4 is 4.74 Å². The predicted molar refractivity (Wildman–Crippen MR) is 101 cm³/mol. The van der Waals surface area contributed by atoms with Crippen molar-refractivity contribution in [1.29, 1.82) is 0 Å². The third-order valence-electron chi connectivity index (χ3n) is 4.20. The van der Waals surface area contributed by atoms with Crippen LogP contribution in [0.3, 0.4) is 0 Å². The molecular weight excluding hydrogens is 312 g/mol. The number of ether oxygens (including phenoxy) is 1. The van der Waals surface area contributed by atoms with Gasteiger partial charge in [0, 0.05) is 37.6 Å². The normalized spacial score (nSPS) is 12.0. The van der Waals surface area contributed by atoms with Crippen LogP contribution in [0.4, 0.5) is 0 Å². The lowest BCUT2D eigenvalue weighted by molar-refractivity contribution is -0.136. The number of likely N-dealkylation sites (N-methyl/N-ethyl adjacent to an activating group) is 1. The number of benzene rings is 2. The molecule has 4 heteroatoms. The van der Waals surface area contributed by atoms with Crippen molar-refractivity contribution >= 4 is 16.7 Å². The SMILES string of the molecule is CCC(Oc1ccc2ccccc2c1-c1cccnc1)C(=O)N(C)C. The molecule has 1 heterocycles. The zero-order chi connectivity index (χ0) is 17.8. The molecule has 2 aromatic carbocycles. The van der Waals surface area contributed by atoms with E-state index in [9.17, 15) is 4.79 Å².